The van der Waals surface area contributed by atoms with E-state index in [0.717, 1.165) is 138 Å². The van der Waals surface area contributed by atoms with Gasteiger partial charge in [0.05, 0.1) is 77.1 Å². The molecule has 20 aromatic carbocycles. The molecule has 9 aromatic heterocycles. The maximum absolute atomic E-state index is 6.97. The van der Waals surface area contributed by atoms with Gasteiger partial charge in [-0.3, -0.25) is 13.7 Å². The quantitative estimate of drug-likeness (QED) is 0.132. The molecule has 0 bridgehead atoms. The summed E-state index contributed by atoms with van der Waals surface area (Å²) in [5.41, 5.74) is 31.9. The fourth-order valence-corrected chi connectivity index (χ4v) is 25.0. The van der Waals surface area contributed by atoms with E-state index in [4.69, 9.17) is 34.3 Å². The molecule has 0 saturated heterocycles. The monoisotopic (exact) mass is 1860 g/mol. The van der Waals surface area contributed by atoms with Crippen LogP contribution < -0.4 is 0 Å². The Labute approximate surface area is 831 Å². The second-order valence-corrected chi connectivity index (χ2v) is 40.1. The summed E-state index contributed by atoms with van der Waals surface area (Å²) in [5, 5.41) is 19.8. The Morgan fingerprint density at radius 2 is 0.646 bits per heavy atom. The van der Waals surface area contributed by atoms with Crippen LogP contribution in [0.5, 0.6) is 0 Å². The summed E-state index contributed by atoms with van der Waals surface area (Å²) >= 11 is 1.87. The molecule has 0 atom stereocenters. The van der Waals surface area contributed by atoms with Gasteiger partial charge in [0.15, 0.2) is 5.58 Å². The van der Waals surface area contributed by atoms with Crippen molar-refractivity contribution in [3.63, 3.8) is 0 Å². The Bertz CT molecular complexity index is 10400. The van der Waals surface area contributed by atoms with Crippen LogP contribution in [0.15, 0.2) is 453 Å². The summed E-state index contributed by atoms with van der Waals surface area (Å²) in [6, 6.07) is 160. The third kappa shape index (κ3) is 12.6. The number of hydrogen-bond acceptors (Lipinski definition) is 8. The molecule has 2 aliphatic rings. The number of thiophene rings is 1. The Hall–Kier alpha value is -18.4. The lowest BCUT2D eigenvalue weighted by atomic mass is 9.81. The van der Waals surface area contributed by atoms with E-state index < -0.39 is 0 Å². The smallest absolute Gasteiger partial charge is 0.235 e. The van der Waals surface area contributed by atoms with Crippen LogP contribution in [0.3, 0.4) is 0 Å². The molecule has 0 radical (unpaired) electrons. The summed E-state index contributed by atoms with van der Waals surface area (Å²) < 4.78 is 18.7. The average Bonchev–Trinajstić information content (AvgIpc) is 1.52. The number of rotatable bonds is 9. The van der Waals surface area contributed by atoms with Crippen molar-refractivity contribution in [1.29, 1.82) is 0 Å². The van der Waals surface area contributed by atoms with Crippen LogP contribution in [0.1, 0.15) is 49.9 Å². The first kappa shape index (κ1) is 82.7. The van der Waals surface area contributed by atoms with Crippen molar-refractivity contribution in [2.45, 2.75) is 38.5 Å². The van der Waals surface area contributed by atoms with E-state index in [1.807, 2.05) is 29.5 Å². The third-order valence-electron chi connectivity index (χ3n) is 30.3. The van der Waals surface area contributed by atoms with Gasteiger partial charge >= 0.3 is 0 Å². The molecule has 0 spiro atoms. The highest BCUT2D eigenvalue weighted by atomic mass is 32.1. The van der Waals surface area contributed by atoms with Crippen LogP contribution in [0.4, 0.5) is 0 Å². The zero-order valence-electron chi connectivity index (χ0n) is 79.0. The van der Waals surface area contributed by atoms with Crippen molar-refractivity contribution in [3.8, 4) is 102 Å². The van der Waals surface area contributed by atoms with Crippen molar-refractivity contribution < 1.29 is 4.42 Å². The second kappa shape index (κ2) is 32.1. The SMILES string of the molecule is CC1(C)c2ccccc2-c2c1c1ccc3c4ccccc4sc3c1n2-c1nc(-c2ccccc2)c2ccc3ccccc3c2n1.CC1(C)c2ccccc2-c2oc3c(ccc4c5ccccc5n(-c5nc(-c6ccccc6)c6ccc7ccccc7c6n5)c43)c21.c1ccc(-c2ccc(-c3nc(-n4c5ccccc5c5cc(-c6ccc7c(c6)c6ccccc6n7-c6ccccc6)ccc54)nc4ccccc34)cc2)cc1. The number of para-hydroxylation sites is 5. The van der Waals surface area contributed by atoms with Crippen molar-refractivity contribution in [2.75, 3.05) is 0 Å². The van der Waals surface area contributed by atoms with E-state index in [1.165, 1.54) is 130 Å². The van der Waals surface area contributed by atoms with E-state index in [0.29, 0.717) is 17.8 Å². The highest BCUT2D eigenvalue weighted by molar-refractivity contribution is 7.26. The Kier molecular flexibility index (Phi) is 18.4. The lowest BCUT2D eigenvalue weighted by Gasteiger charge is -2.21. The summed E-state index contributed by atoms with van der Waals surface area (Å²) in [4.78, 5) is 32.3. The van der Waals surface area contributed by atoms with Gasteiger partial charge in [0, 0.05) is 135 Å². The van der Waals surface area contributed by atoms with Gasteiger partial charge in [-0.25, -0.2) is 29.9 Å². The minimum atomic E-state index is -0.180. The maximum atomic E-state index is 6.97. The molecular formula is C132H86N10OS. The summed E-state index contributed by atoms with van der Waals surface area (Å²) in [5.74, 6) is 2.96. The first-order valence-electron chi connectivity index (χ1n) is 49.2. The number of aromatic nitrogens is 10. The van der Waals surface area contributed by atoms with Gasteiger partial charge in [-0.05, 0) is 129 Å². The first-order valence-corrected chi connectivity index (χ1v) is 50.0. The number of nitrogens with zero attached hydrogens (tertiary/aromatic N) is 10. The van der Waals surface area contributed by atoms with Crippen LogP contribution in [0, 0.1) is 0 Å². The fraction of sp³-hybridized carbons (Fsp3) is 0.0455. The van der Waals surface area contributed by atoms with E-state index >= 15 is 0 Å². The van der Waals surface area contributed by atoms with Crippen molar-refractivity contribution in [1.82, 2.24) is 48.2 Å². The van der Waals surface area contributed by atoms with Crippen molar-refractivity contribution >= 4 is 173 Å². The Morgan fingerprint density at radius 1 is 0.243 bits per heavy atom. The number of hydrogen-bond donors (Lipinski definition) is 0. The molecule has 0 unspecified atom stereocenters. The highest BCUT2D eigenvalue weighted by Gasteiger charge is 2.44. The molecule has 11 nitrogen and oxygen atoms in total. The van der Waals surface area contributed by atoms with Gasteiger partial charge in [0.2, 0.25) is 17.8 Å². The molecular weight excluding hydrogens is 1770 g/mol. The zero-order chi connectivity index (χ0) is 95.3. The average molecular weight is 1860 g/mol. The molecule has 676 valence electrons. The largest absolute Gasteiger partial charge is 0.453 e. The molecule has 31 rings (SSSR count). The number of benzene rings is 20. The molecule has 29 aromatic rings. The van der Waals surface area contributed by atoms with Gasteiger partial charge in [0.1, 0.15) is 11.3 Å². The number of furan rings is 1. The van der Waals surface area contributed by atoms with E-state index in [9.17, 15) is 0 Å². The van der Waals surface area contributed by atoms with E-state index in [2.05, 4.69) is 477 Å². The van der Waals surface area contributed by atoms with Crippen LogP contribution >= 0.6 is 11.3 Å². The molecule has 0 amide bonds. The highest BCUT2D eigenvalue weighted by Crippen LogP contribution is 2.58. The van der Waals surface area contributed by atoms with Crippen LogP contribution in [0.25, 0.3) is 264 Å². The minimum Gasteiger partial charge on any atom is -0.453 e. The lowest BCUT2D eigenvalue weighted by molar-refractivity contribution is 0.620. The summed E-state index contributed by atoms with van der Waals surface area (Å²) in [7, 11) is 0. The Morgan fingerprint density at radius 3 is 1.26 bits per heavy atom. The van der Waals surface area contributed by atoms with Gasteiger partial charge in [-0.1, -0.05) is 398 Å². The molecule has 9 heterocycles. The molecule has 2 aliphatic carbocycles. The van der Waals surface area contributed by atoms with Crippen molar-refractivity contribution in [2.24, 2.45) is 0 Å². The molecule has 0 aliphatic heterocycles. The first-order chi connectivity index (χ1) is 71.0. The van der Waals surface area contributed by atoms with E-state index in [1.54, 1.807) is 0 Å². The zero-order valence-corrected chi connectivity index (χ0v) is 79.8. The molecule has 144 heavy (non-hydrogen) atoms. The van der Waals surface area contributed by atoms with Gasteiger partial charge < -0.3 is 8.98 Å². The lowest BCUT2D eigenvalue weighted by Crippen LogP contribution is -2.14. The number of fused-ring (bicyclic) bond motifs is 31. The van der Waals surface area contributed by atoms with Crippen LogP contribution in [-0.2, 0) is 10.8 Å². The Balaban J connectivity index is 0.000000103. The third-order valence-corrected chi connectivity index (χ3v) is 31.5. The van der Waals surface area contributed by atoms with Crippen molar-refractivity contribution in [3.05, 3.63) is 471 Å². The predicted molar refractivity (Wildman–Crippen MR) is 598 cm³/mol. The van der Waals surface area contributed by atoms with Crippen LogP contribution in [0.2, 0.25) is 0 Å². The maximum Gasteiger partial charge on any atom is 0.235 e. The molecule has 0 N–H and O–H groups in total. The molecule has 12 heteroatoms. The van der Waals surface area contributed by atoms with E-state index in [-0.39, 0.29) is 10.8 Å². The van der Waals surface area contributed by atoms with Gasteiger partial charge in [0.25, 0.3) is 0 Å². The van der Waals surface area contributed by atoms with Gasteiger partial charge in [-0.15, -0.1) is 11.3 Å². The van der Waals surface area contributed by atoms with Crippen LogP contribution in [-0.4, -0.2) is 48.2 Å². The predicted octanol–water partition coefficient (Wildman–Crippen LogP) is 34.5. The minimum absolute atomic E-state index is 0.175. The topological polar surface area (TPSA) is 110 Å². The molecule has 0 saturated carbocycles. The fourth-order valence-electron chi connectivity index (χ4n) is 23.7. The summed E-state index contributed by atoms with van der Waals surface area (Å²) in [6.07, 6.45) is 0. The molecule has 0 fully saturated rings. The normalized spacial score (nSPS) is 13.0. The summed E-state index contributed by atoms with van der Waals surface area (Å²) in [6.45, 7) is 9.33. The van der Waals surface area contributed by atoms with Gasteiger partial charge in [-0.2, -0.15) is 0 Å². The second-order valence-electron chi connectivity index (χ2n) is 39.0. The standard InChI is InChI=1S/C50H32N4.C41H27N3O.C41H27N3S/c1-3-13-33(14-4-1)34-23-25-35(26-24-34)49-41-19-7-10-20-44(41)51-50(52-49)54-46-22-12-9-18-40(46)43-32-37(28-30-48(43)54)36-27-29-47-42(31-36)39-17-8-11-21-45(39)53(47)38-15-5-2-6-16-38;1-41(2)32-18-10-8-17-29(32)38-34(41)30-23-22-28-27-16-9-11-19-33(27)44(37(28)39(30)45-38)40-42-35(25-13-4-3-5-14-25)31-21-20-24-12-6-7-15-26(24)36(31)43-40;1-41(2)32-18-10-8-17-29(32)37-34(41)30-23-22-28-27-16-9-11-19-33(27)45-39(28)38(30)44(37)40-42-35(25-13-4-3-5-14-25)31-21-20-24-12-6-7-15-26(24)36(31)43-40/h1-32H;2*3-23H,1-2H3.